The number of hydrogen-bond donors (Lipinski definition) is 1. The molecule has 0 amide bonds. The van der Waals surface area contributed by atoms with E-state index < -0.39 is 0 Å². The second-order valence-corrected chi connectivity index (χ2v) is 4.31. The highest BCUT2D eigenvalue weighted by Gasteiger charge is 2.05. The van der Waals surface area contributed by atoms with Gasteiger partial charge in [0.2, 0.25) is 0 Å². The first-order valence-electron chi connectivity index (χ1n) is 5.53. The van der Waals surface area contributed by atoms with Gasteiger partial charge in [0.1, 0.15) is 0 Å². The van der Waals surface area contributed by atoms with Crippen LogP contribution >= 0.6 is 0 Å². The molecule has 15 heavy (non-hydrogen) atoms. The third-order valence-corrected chi connectivity index (χ3v) is 2.23. The van der Waals surface area contributed by atoms with Crippen molar-refractivity contribution in [3.8, 4) is 0 Å². The van der Waals surface area contributed by atoms with Crippen molar-refractivity contribution < 1.29 is 4.74 Å². The Morgan fingerprint density at radius 2 is 1.73 bits per heavy atom. The Kier molecular flexibility index (Phi) is 4.79. The maximum absolute atomic E-state index is 5.81. The van der Waals surface area contributed by atoms with Gasteiger partial charge in [-0.3, -0.25) is 0 Å². The second kappa shape index (κ2) is 5.89. The summed E-state index contributed by atoms with van der Waals surface area (Å²) in [5.74, 6) is 0. The fourth-order valence-electron chi connectivity index (χ4n) is 1.50. The standard InChI is InChI=1S/C13H21NO/c1-10(2)15-9-13-7-5-4-6-12(13)8-11(3)14/h4-7,10-11H,8-9,14H2,1-3H3. The van der Waals surface area contributed by atoms with Crippen molar-refractivity contribution in [1.29, 1.82) is 0 Å². The zero-order valence-corrected chi connectivity index (χ0v) is 9.86. The molecule has 0 radical (unpaired) electrons. The molecule has 1 aromatic rings. The van der Waals surface area contributed by atoms with Crippen LogP contribution in [0.2, 0.25) is 0 Å². The van der Waals surface area contributed by atoms with E-state index in [1.165, 1.54) is 11.1 Å². The third kappa shape index (κ3) is 4.45. The molecule has 0 fully saturated rings. The van der Waals surface area contributed by atoms with Crippen LogP contribution in [0.15, 0.2) is 24.3 Å². The van der Waals surface area contributed by atoms with Crippen molar-refractivity contribution >= 4 is 0 Å². The van der Waals surface area contributed by atoms with Crippen LogP contribution in [-0.2, 0) is 17.8 Å². The number of ether oxygens (including phenoxy) is 1. The van der Waals surface area contributed by atoms with Gasteiger partial charge in [-0.1, -0.05) is 24.3 Å². The molecule has 1 rings (SSSR count). The Hall–Kier alpha value is -0.860. The predicted molar refractivity (Wildman–Crippen MR) is 63.7 cm³/mol. The van der Waals surface area contributed by atoms with E-state index in [1.54, 1.807) is 0 Å². The minimum Gasteiger partial charge on any atom is -0.374 e. The molecule has 1 unspecified atom stereocenters. The smallest absolute Gasteiger partial charge is 0.0723 e. The van der Waals surface area contributed by atoms with Crippen LogP contribution in [0.25, 0.3) is 0 Å². The van der Waals surface area contributed by atoms with Crippen LogP contribution in [0, 0.1) is 0 Å². The van der Waals surface area contributed by atoms with E-state index in [9.17, 15) is 0 Å². The van der Waals surface area contributed by atoms with E-state index in [-0.39, 0.29) is 12.1 Å². The molecule has 0 spiro atoms. The Balaban J connectivity index is 2.68. The summed E-state index contributed by atoms with van der Waals surface area (Å²) < 4.78 is 5.61. The Labute approximate surface area is 92.4 Å². The van der Waals surface area contributed by atoms with Gasteiger partial charge in [-0.15, -0.1) is 0 Å². The van der Waals surface area contributed by atoms with Crippen molar-refractivity contribution in [2.45, 2.75) is 45.9 Å². The fraction of sp³-hybridized carbons (Fsp3) is 0.538. The molecule has 0 heterocycles. The monoisotopic (exact) mass is 207 g/mol. The average Bonchev–Trinajstić information content (AvgIpc) is 2.15. The fourth-order valence-corrected chi connectivity index (χ4v) is 1.50. The SMILES string of the molecule is CC(N)Cc1ccccc1COC(C)C. The third-order valence-electron chi connectivity index (χ3n) is 2.23. The summed E-state index contributed by atoms with van der Waals surface area (Å²) in [7, 11) is 0. The van der Waals surface area contributed by atoms with Crippen molar-refractivity contribution in [3.63, 3.8) is 0 Å². The molecule has 2 N–H and O–H groups in total. The quantitative estimate of drug-likeness (QED) is 0.805. The van der Waals surface area contributed by atoms with Crippen LogP contribution in [0.1, 0.15) is 31.9 Å². The van der Waals surface area contributed by atoms with Crippen LogP contribution in [0.5, 0.6) is 0 Å². The molecule has 84 valence electrons. The Morgan fingerprint density at radius 3 is 2.27 bits per heavy atom. The van der Waals surface area contributed by atoms with Crippen LogP contribution < -0.4 is 5.73 Å². The zero-order valence-electron chi connectivity index (χ0n) is 9.86. The second-order valence-electron chi connectivity index (χ2n) is 4.31. The molecule has 1 atom stereocenters. The summed E-state index contributed by atoms with van der Waals surface area (Å²) in [6.07, 6.45) is 1.19. The number of hydrogen-bond acceptors (Lipinski definition) is 2. The van der Waals surface area contributed by atoms with Gasteiger partial charge in [-0.2, -0.15) is 0 Å². The summed E-state index contributed by atoms with van der Waals surface area (Å²) >= 11 is 0. The maximum atomic E-state index is 5.81. The molecule has 0 saturated carbocycles. The molecular formula is C13H21NO. The van der Waals surface area contributed by atoms with Gasteiger partial charge >= 0.3 is 0 Å². The molecule has 2 nitrogen and oxygen atoms in total. The van der Waals surface area contributed by atoms with Gasteiger partial charge in [0, 0.05) is 6.04 Å². The van der Waals surface area contributed by atoms with E-state index in [0.717, 1.165) is 6.42 Å². The maximum Gasteiger partial charge on any atom is 0.0723 e. The summed E-state index contributed by atoms with van der Waals surface area (Å²) in [5, 5.41) is 0. The van der Waals surface area contributed by atoms with E-state index >= 15 is 0 Å². The largest absolute Gasteiger partial charge is 0.374 e. The van der Waals surface area contributed by atoms with Gasteiger partial charge < -0.3 is 10.5 Å². The highest BCUT2D eigenvalue weighted by Crippen LogP contribution is 2.12. The predicted octanol–water partition coefficient (Wildman–Crippen LogP) is 2.50. The number of rotatable bonds is 5. The first-order valence-corrected chi connectivity index (χ1v) is 5.53. The van der Waals surface area contributed by atoms with E-state index in [0.29, 0.717) is 6.61 Å². The minimum absolute atomic E-state index is 0.199. The van der Waals surface area contributed by atoms with Gasteiger partial charge in [-0.05, 0) is 38.3 Å². The minimum atomic E-state index is 0.199. The molecule has 0 aromatic heterocycles. The lowest BCUT2D eigenvalue weighted by Gasteiger charge is -2.13. The Bertz CT molecular complexity index is 294. The van der Waals surface area contributed by atoms with E-state index in [1.807, 2.05) is 26.8 Å². The van der Waals surface area contributed by atoms with Crippen molar-refractivity contribution in [1.82, 2.24) is 0 Å². The normalized spacial score (nSPS) is 13.1. The van der Waals surface area contributed by atoms with E-state index in [2.05, 4.69) is 18.2 Å². The van der Waals surface area contributed by atoms with Crippen molar-refractivity contribution in [2.75, 3.05) is 0 Å². The number of nitrogens with two attached hydrogens (primary N) is 1. The molecule has 0 bridgehead atoms. The van der Waals surface area contributed by atoms with Crippen LogP contribution in [0.4, 0.5) is 0 Å². The van der Waals surface area contributed by atoms with Gasteiger partial charge in [0.25, 0.3) is 0 Å². The molecule has 0 saturated heterocycles. The summed E-state index contributed by atoms with van der Waals surface area (Å²) in [4.78, 5) is 0. The van der Waals surface area contributed by atoms with Gasteiger partial charge in [0.05, 0.1) is 12.7 Å². The molecule has 0 aliphatic carbocycles. The highest BCUT2D eigenvalue weighted by molar-refractivity contribution is 5.27. The lowest BCUT2D eigenvalue weighted by Crippen LogP contribution is -2.19. The summed E-state index contributed by atoms with van der Waals surface area (Å²) in [6.45, 7) is 6.81. The zero-order chi connectivity index (χ0) is 11.3. The first-order chi connectivity index (χ1) is 7.09. The summed E-state index contributed by atoms with van der Waals surface area (Å²) in [6, 6.07) is 8.54. The highest BCUT2D eigenvalue weighted by atomic mass is 16.5. The number of benzene rings is 1. The van der Waals surface area contributed by atoms with Crippen molar-refractivity contribution in [3.05, 3.63) is 35.4 Å². The van der Waals surface area contributed by atoms with Gasteiger partial charge in [-0.25, -0.2) is 0 Å². The lowest BCUT2D eigenvalue weighted by atomic mass is 10.0. The molecular weight excluding hydrogens is 186 g/mol. The van der Waals surface area contributed by atoms with Crippen LogP contribution in [-0.4, -0.2) is 12.1 Å². The van der Waals surface area contributed by atoms with E-state index in [4.69, 9.17) is 10.5 Å². The van der Waals surface area contributed by atoms with Crippen LogP contribution in [0.3, 0.4) is 0 Å². The molecule has 2 heteroatoms. The first kappa shape index (κ1) is 12.2. The molecule has 0 aliphatic rings. The average molecular weight is 207 g/mol. The summed E-state index contributed by atoms with van der Waals surface area (Å²) in [5.41, 5.74) is 8.36. The topological polar surface area (TPSA) is 35.2 Å². The van der Waals surface area contributed by atoms with Crippen molar-refractivity contribution in [2.24, 2.45) is 5.73 Å². The molecule has 0 aliphatic heterocycles. The Morgan fingerprint density at radius 1 is 1.13 bits per heavy atom. The molecule has 1 aromatic carbocycles. The lowest BCUT2D eigenvalue weighted by molar-refractivity contribution is 0.0652. The van der Waals surface area contributed by atoms with Gasteiger partial charge in [0.15, 0.2) is 0 Å².